The number of likely N-dealkylation sites (tertiary alicyclic amines) is 1. The quantitative estimate of drug-likeness (QED) is 0.438. The van der Waals surface area contributed by atoms with Gasteiger partial charge in [-0.3, -0.25) is 4.79 Å². The molecule has 0 saturated carbocycles. The van der Waals surface area contributed by atoms with Crippen molar-refractivity contribution in [2.75, 3.05) is 25.0 Å². The lowest BCUT2D eigenvalue weighted by molar-refractivity contribution is 0.0203. The third-order valence-corrected chi connectivity index (χ3v) is 6.24. The molecular formula is C29H34N4O5. The fourth-order valence-corrected chi connectivity index (χ4v) is 4.47. The van der Waals surface area contributed by atoms with Crippen molar-refractivity contribution >= 4 is 23.7 Å². The van der Waals surface area contributed by atoms with Gasteiger partial charge in [-0.25, -0.2) is 14.3 Å². The fraction of sp³-hybridized carbons (Fsp3) is 0.379. The molecule has 2 amide bonds. The van der Waals surface area contributed by atoms with Gasteiger partial charge in [-0.2, -0.15) is 5.10 Å². The van der Waals surface area contributed by atoms with E-state index in [-0.39, 0.29) is 17.9 Å². The fourth-order valence-electron chi connectivity index (χ4n) is 4.47. The topological polar surface area (TPSA) is 103 Å². The molecule has 1 aliphatic heterocycles. The Balaban J connectivity index is 1.55. The van der Waals surface area contributed by atoms with Crippen LogP contribution < -0.4 is 5.32 Å². The van der Waals surface area contributed by atoms with Gasteiger partial charge in [0.1, 0.15) is 5.60 Å². The van der Waals surface area contributed by atoms with E-state index < -0.39 is 11.6 Å². The van der Waals surface area contributed by atoms with Gasteiger partial charge in [0.05, 0.1) is 35.3 Å². The second-order valence-electron chi connectivity index (χ2n) is 10.2. The highest BCUT2D eigenvalue weighted by Crippen LogP contribution is 2.33. The summed E-state index contributed by atoms with van der Waals surface area (Å²) in [6.07, 6.45) is 2.61. The van der Waals surface area contributed by atoms with Crippen LogP contribution in [-0.2, 0) is 9.47 Å². The van der Waals surface area contributed by atoms with Crippen LogP contribution in [0.1, 0.15) is 72.9 Å². The lowest BCUT2D eigenvalue weighted by Gasteiger charge is -2.34. The summed E-state index contributed by atoms with van der Waals surface area (Å²) in [4.78, 5) is 39.7. The van der Waals surface area contributed by atoms with Crippen LogP contribution in [0, 0.1) is 0 Å². The summed E-state index contributed by atoms with van der Waals surface area (Å²) in [5.74, 6) is -0.682. The molecule has 200 valence electrons. The average Bonchev–Trinajstić information content (AvgIpc) is 3.34. The zero-order valence-electron chi connectivity index (χ0n) is 22.3. The average molecular weight is 519 g/mol. The number of amides is 2. The minimum Gasteiger partial charge on any atom is -0.462 e. The van der Waals surface area contributed by atoms with Crippen molar-refractivity contribution in [2.45, 2.75) is 52.1 Å². The van der Waals surface area contributed by atoms with Crippen molar-refractivity contribution in [1.82, 2.24) is 14.7 Å². The number of benzene rings is 2. The predicted octanol–water partition coefficient (Wildman–Crippen LogP) is 5.42. The Bertz CT molecular complexity index is 1270. The SMILES string of the molecule is CCOC(=O)c1ccc(NC(=O)c2cnn(-c3ccccc3)c2C2CCN(C(=O)OC(C)(C)C)CC2)cc1. The van der Waals surface area contributed by atoms with E-state index in [4.69, 9.17) is 9.47 Å². The number of ether oxygens (including phenoxy) is 2. The number of para-hydroxylation sites is 1. The molecule has 38 heavy (non-hydrogen) atoms. The molecule has 9 nitrogen and oxygen atoms in total. The molecule has 0 aliphatic carbocycles. The first-order chi connectivity index (χ1) is 18.2. The molecule has 2 heterocycles. The zero-order valence-corrected chi connectivity index (χ0v) is 22.3. The van der Waals surface area contributed by atoms with Gasteiger partial charge < -0.3 is 19.7 Å². The first-order valence-corrected chi connectivity index (χ1v) is 12.9. The number of carbonyl (C=O) groups is 3. The van der Waals surface area contributed by atoms with E-state index in [0.29, 0.717) is 49.4 Å². The lowest BCUT2D eigenvalue weighted by atomic mass is 9.90. The molecule has 3 aromatic rings. The van der Waals surface area contributed by atoms with Crippen LogP contribution in [0.15, 0.2) is 60.8 Å². The van der Waals surface area contributed by atoms with E-state index in [1.54, 1.807) is 42.3 Å². The van der Waals surface area contributed by atoms with Crippen LogP contribution in [0.25, 0.3) is 5.69 Å². The van der Waals surface area contributed by atoms with Gasteiger partial charge >= 0.3 is 12.1 Å². The highest BCUT2D eigenvalue weighted by atomic mass is 16.6. The molecule has 1 N–H and O–H groups in total. The molecule has 2 aromatic carbocycles. The predicted molar refractivity (Wildman–Crippen MR) is 144 cm³/mol. The summed E-state index contributed by atoms with van der Waals surface area (Å²) in [7, 11) is 0. The molecule has 1 aromatic heterocycles. The van der Waals surface area contributed by atoms with E-state index in [9.17, 15) is 14.4 Å². The van der Waals surface area contributed by atoms with Crippen LogP contribution in [0.2, 0.25) is 0 Å². The maximum absolute atomic E-state index is 13.4. The summed E-state index contributed by atoms with van der Waals surface area (Å²) in [6.45, 7) is 8.65. The van der Waals surface area contributed by atoms with Crippen molar-refractivity contribution in [3.63, 3.8) is 0 Å². The normalized spacial score (nSPS) is 14.2. The van der Waals surface area contributed by atoms with Gasteiger partial charge in [-0.05, 0) is 76.9 Å². The minimum atomic E-state index is -0.556. The number of rotatable bonds is 6. The van der Waals surface area contributed by atoms with Crippen LogP contribution in [-0.4, -0.2) is 57.9 Å². The second-order valence-corrected chi connectivity index (χ2v) is 10.2. The van der Waals surface area contributed by atoms with Gasteiger partial charge in [0, 0.05) is 24.7 Å². The summed E-state index contributed by atoms with van der Waals surface area (Å²) in [6, 6.07) is 16.3. The van der Waals surface area contributed by atoms with Crippen molar-refractivity contribution in [3.05, 3.63) is 77.6 Å². The van der Waals surface area contributed by atoms with Gasteiger partial charge in [-0.15, -0.1) is 0 Å². The van der Waals surface area contributed by atoms with E-state index in [0.717, 1.165) is 11.4 Å². The molecule has 0 unspecified atom stereocenters. The first-order valence-electron chi connectivity index (χ1n) is 12.9. The molecule has 0 atom stereocenters. The number of nitrogens with one attached hydrogen (secondary N) is 1. The Morgan fingerprint density at radius 1 is 1.00 bits per heavy atom. The third kappa shape index (κ3) is 6.40. The lowest BCUT2D eigenvalue weighted by Crippen LogP contribution is -2.41. The van der Waals surface area contributed by atoms with E-state index in [1.807, 2.05) is 55.8 Å². The van der Waals surface area contributed by atoms with Crippen LogP contribution in [0.4, 0.5) is 10.5 Å². The summed E-state index contributed by atoms with van der Waals surface area (Å²) in [5, 5.41) is 7.50. The third-order valence-electron chi connectivity index (χ3n) is 6.24. The van der Waals surface area contributed by atoms with Gasteiger partial charge in [0.25, 0.3) is 5.91 Å². The van der Waals surface area contributed by atoms with Crippen LogP contribution >= 0.6 is 0 Å². The largest absolute Gasteiger partial charge is 0.462 e. The Kier molecular flexibility index (Phi) is 8.14. The molecule has 0 radical (unpaired) electrons. The van der Waals surface area contributed by atoms with E-state index in [2.05, 4.69) is 10.4 Å². The zero-order chi connectivity index (χ0) is 27.3. The number of nitrogens with zero attached hydrogens (tertiary/aromatic N) is 3. The minimum absolute atomic E-state index is 0.0170. The summed E-state index contributed by atoms with van der Waals surface area (Å²) >= 11 is 0. The van der Waals surface area contributed by atoms with Crippen molar-refractivity contribution in [2.24, 2.45) is 0 Å². The number of esters is 1. The molecule has 0 spiro atoms. The second kappa shape index (κ2) is 11.5. The number of hydrogen-bond acceptors (Lipinski definition) is 6. The highest BCUT2D eigenvalue weighted by Gasteiger charge is 2.32. The Labute approximate surface area is 222 Å². The van der Waals surface area contributed by atoms with Crippen LogP contribution in [0.5, 0.6) is 0 Å². The summed E-state index contributed by atoms with van der Waals surface area (Å²) in [5.41, 5.74) is 2.55. The number of aromatic nitrogens is 2. The molecule has 1 fully saturated rings. The van der Waals surface area contributed by atoms with Crippen molar-refractivity contribution in [1.29, 1.82) is 0 Å². The number of carbonyl (C=O) groups excluding carboxylic acids is 3. The van der Waals surface area contributed by atoms with E-state index >= 15 is 0 Å². The smallest absolute Gasteiger partial charge is 0.410 e. The maximum Gasteiger partial charge on any atom is 0.410 e. The first kappa shape index (κ1) is 26.9. The molecule has 9 heteroatoms. The Morgan fingerprint density at radius 3 is 2.26 bits per heavy atom. The molecule has 0 bridgehead atoms. The van der Waals surface area contributed by atoms with Crippen molar-refractivity contribution < 1.29 is 23.9 Å². The van der Waals surface area contributed by atoms with Crippen LogP contribution in [0.3, 0.4) is 0 Å². The number of anilines is 1. The van der Waals surface area contributed by atoms with E-state index in [1.165, 1.54) is 0 Å². The standard InChI is InChI=1S/C29H34N4O5/c1-5-37-27(35)21-11-13-22(14-12-21)31-26(34)24-19-30-33(23-9-7-6-8-10-23)25(24)20-15-17-32(18-16-20)28(36)38-29(2,3)4/h6-14,19-20H,5,15-18H2,1-4H3,(H,31,34). The molecule has 4 rings (SSSR count). The molecular weight excluding hydrogens is 484 g/mol. The van der Waals surface area contributed by atoms with Gasteiger partial charge in [0.15, 0.2) is 0 Å². The number of hydrogen-bond donors (Lipinski definition) is 1. The summed E-state index contributed by atoms with van der Waals surface area (Å²) < 4.78 is 12.4. The maximum atomic E-state index is 13.4. The Morgan fingerprint density at radius 2 is 1.66 bits per heavy atom. The molecule has 1 aliphatic rings. The van der Waals surface area contributed by atoms with Crippen molar-refractivity contribution in [3.8, 4) is 5.69 Å². The van der Waals surface area contributed by atoms with Gasteiger partial charge in [0.2, 0.25) is 0 Å². The van der Waals surface area contributed by atoms with Gasteiger partial charge in [-0.1, -0.05) is 18.2 Å². The Hall–Kier alpha value is -4.14. The number of piperidine rings is 1. The molecule has 1 saturated heterocycles. The highest BCUT2D eigenvalue weighted by molar-refractivity contribution is 6.05. The monoisotopic (exact) mass is 518 g/mol.